The Morgan fingerprint density at radius 3 is 2.48 bits per heavy atom. The van der Waals surface area contributed by atoms with Gasteiger partial charge in [0.25, 0.3) is 11.6 Å². The monoisotopic (exact) mass is 509 g/mol. The number of benzene rings is 3. The highest BCUT2D eigenvalue weighted by molar-refractivity contribution is 9.10. The van der Waals surface area contributed by atoms with Gasteiger partial charge in [0.15, 0.2) is 0 Å². The third-order valence-corrected chi connectivity index (χ3v) is 5.91. The molecular formula is C25H24BrN3O4. The van der Waals surface area contributed by atoms with Crippen molar-refractivity contribution in [2.75, 3.05) is 16.8 Å². The summed E-state index contributed by atoms with van der Waals surface area (Å²) in [6.07, 6.45) is 0. The summed E-state index contributed by atoms with van der Waals surface area (Å²) >= 11 is 3.40. The number of hydrogen-bond donors (Lipinski definition) is 3. The number of urea groups is 1. The van der Waals surface area contributed by atoms with E-state index in [9.17, 15) is 14.7 Å². The predicted molar refractivity (Wildman–Crippen MR) is 130 cm³/mol. The molecule has 0 saturated heterocycles. The zero-order valence-corrected chi connectivity index (χ0v) is 19.8. The molecule has 0 fully saturated rings. The van der Waals surface area contributed by atoms with E-state index < -0.39 is 17.7 Å². The summed E-state index contributed by atoms with van der Waals surface area (Å²) in [5, 5.41) is 17.4. The number of aryl methyl sites for hydroxylation is 1. The Morgan fingerprint density at radius 2 is 1.82 bits per heavy atom. The number of rotatable bonds is 6. The van der Waals surface area contributed by atoms with Crippen LogP contribution < -0.4 is 20.3 Å². The van der Waals surface area contributed by atoms with Crippen molar-refractivity contribution in [2.24, 2.45) is 0 Å². The zero-order chi connectivity index (χ0) is 23.6. The zero-order valence-electron chi connectivity index (χ0n) is 18.3. The summed E-state index contributed by atoms with van der Waals surface area (Å²) in [7, 11) is 0. The van der Waals surface area contributed by atoms with Gasteiger partial charge in [-0.15, -0.1) is 0 Å². The molecule has 0 saturated carbocycles. The summed E-state index contributed by atoms with van der Waals surface area (Å²) in [5.74, 6) is -0.0969. The molecule has 0 aliphatic carbocycles. The van der Waals surface area contributed by atoms with Gasteiger partial charge in [-0.05, 0) is 61.9 Å². The van der Waals surface area contributed by atoms with Gasteiger partial charge >= 0.3 is 6.03 Å². The molecule has 170 valence electrons. The number of anilines is 2. The molecule has 8 heteroatoms. The first-order valence-corrected chi connectivity index (χ1v) is 11.3. The molecule has 3 N–H and O–H groups in total. The van der Waals surface area contributed by atoms with Crippen molar-refractivity contribution in [1.29, 1.82) is 0 Å². The smallest absolute Gasteiger partial charge is 0.329 e. The van der Waals surface area contributed by atoms with Gasteiger partial charge < -0.3 is 20.5 Å². The van der Waals surface area contributed by atoms with Crippen LogP contribution in [0.3, 0.4) is 0 Å². The van der Waals surface area contributed by atoms with Gasteiger partial charge in [0.2, 0.25) is 0 Å². The molecule has 1 atom stereocenters. The van der Waals surface area contributed by atoms with E-state index in [2.05, 4.69) is 26.6 Å². The topological polar surface area (TPSA) is 90.9 Å². The molecular weight excluding hydrogens is 486 g/mol. The van der Waals surface area contributed by atoms with Crippen molar-refractivity contribution in [3.63, 3.8) is 0 Å². The Kier molecular flexibility index (Phi) is 6.40. The first-order chi connectivity index (χ1) is 15.8. The Balaban J connectivity index is 1.74. The number of nitrogens with one attached hydrogen (secondary N) is 2. The van der Waals surface area contributed by atoms with Crippen LogP contribution in [0.4, 0.5) is 16.2 Å². The number of fused-ring (bicyclic) bond motifs is 1. The summed E-state index contributed by atoms with van der Waals surface area (Å²) < 4.78 is 6.14. The average Bonchev–Trinajstić information content (AvgIpc) is 2.80. The van der Waals surface area contributed by atoms with Crippen LogP contribution in [-0.2, 0) is 17.1 Å². The molecule has 3 aromatic carbocycles. The maximum Gasteiger partial charge on any atom is 0.329 e. The molecule has 3 amide bonds. The van der Waals surface area contributed by atoms with Gasteiger partial charge in [0.05, 0.1) is 12.3 Å². The third kappa shape index (κ3) is 4.44. The second-order valence-electron chi connectivity index (χ2n) is 7.72. The number of carbonyl (C=O) groups is 2. The fourth-order valence-electron chi connectivity index (χ4n) is 3.75. The first kappa shape index (κ1) is 22.8. The molecule has 1 heterocycles. The molecule has 0 bridgehead atoms. The van der Waals surface area contributed by atoms with Gasteiger partial charge in [-0.1, -0.05) is 45.8 Å². The van der Waals surface area contributed by atoms with Crippen LogP contribution >= 0.6 is 15.9 Å². The van der Waals surface area contributed by atoms with Crippen molar-refractivity contribution in [1.82, 2.24) is 5.32 Å². The molecule has 1 aliphatic heterocycles. The minimum absolute atomic E-state index is 0.198. The van der Waals surface area contributed by atoms with Crippen molar-refractivity contribution < 1.29 is 19.4 Å². The van der Waals surface area contributed by atoms with E-state index in [0.29, 0.717) is 28.2 Å². The van der Waals surface area contributed by atoms with E-state index in [1.807, 2.05) is 38.1 Å². The number of ether oxygens (including phenoxy) is 1. The number of hydrogen-bond acceptors (Lipinski definition) is 4. The molecule has 7 nitrogen and oxygen atoms in total. The summed E-state index contributed by atoms with van der Waals surface area (Å²) in [4.78, 5) is 27.7. The minimum atomic E-state index is -2.28. The van der Waals surface area contributed by atoms with Gasteiger partial charge in [-0.3, -0.25) is 9.69 Å². The van der Waals surface area contributed by atoms with Crippen molar-refractivity contribution in [3.05, 3.63) is 87.9 Å². The Bertz CT molecular complexity index is 1180. The lowest BCUT2D eigenvalue weighted by atomic mass is 9.94. The van der Waals surface area contributed by atoms with Crippen LogP contribution in [0.5, 0.6) is 5.75 Å². The van der Waals surface area contributed by atoms with E-state index in [1.165, 1.54) is 0 Å². The fraction of sp³-hybridized carbons (Fsp3) is 0.200. The highest BCUT2D eigenvalue weighted by Gasteiger charge is 2.52. The summed E-state index contributed by atoms with van der Waals surface area (Å²) in [5.41, 5.74) is 0.659. The van der Waals surface area contributed by atoms with E-state index >= 15 is 0 Å². The molecule has 1 unspecified atom stereocenters. The predicted octanol–water partition coefficient (Wildman–Crippen LogP) is 4.67. The lowest BCUT2D eigenvalue weighted by molar-refractivity contribution is -0.140. The lowest BCUT2D eigenvalue weighted by Crippen LogP contribution is -2.62. The average molecular weight is 510 g/mol. The lowest BCUT2D eigenvalue weighted by Gasteiger charge is -2.42. The number of carbonyl (C=O) groups excluding carboxylic acids is 2. The molecule has 1 aliphatic rings. The normalized spacial score (nSPS) is 17.2. The van der Waals surface area contributed by atoms with Crippen LogP contribution in [0.25, 0.3) is 0 Å². The van der Waals surface area contributed by atoms with Crippen LogP contribution in [0.1, 0.15) is 23.6 Å². The summed E-state index contributed by atoms with van der Waals surface area (Å²) in [6.45, 7) is 4.55. The molecule has 4 rings (SSSR count). The molecule has 33 heavy (non-hydrogen) atoms. The van der Waals surface area contributed by atoms with E-state index in [1.54, 1.807) is 42.5 Å². The van der Waals surface area contributed by atoms with Crippen molar-refractivity contribution in [2.45, 2.75) is 26.1 Å². The third-order valence-electron chi connectivity index (χ3n) is 5.42. The Hall–Kier alpha value is -3.36. The summed E-state index contributed by atoms with van der Waals surface area (Å²) in [6, 6.07) is 18.7. The van der Waals surface area contributed by atoms with E-state index in [0.717, 1.165) is 16.0 Å². The molecule has 0 radical (unpaired) electrons. The molecule has 0 aromatic heterocycles. The molecule has 3 aromatic rings. The maximum atomic E-state index is 13.5. The number of halogens is 1. The van der Waals surface area contributed by atoms with Crippen LogP contribution in [0, 0.1) is 6.92 Å². The van der Waals surface area contributed by atoms with Gasteiger partial charge in [0, 0.05) is 22.3 Å². The Morgan fingerprint density at radius 1 is 1.12 bits per heavy atom. The van der Waals surface area contributed by atoms with Crippen LogP contribution in [0.2, 0.25) is 0 Å². The van der Waals surface area contributed by atoms with Crippen molar-refractivity contribution >= 4 is 39.2 Å². The number of nitrogens with zero attached hydrogens (tertiary/aromatic N) is 1. The highest BCUT2D eigenvalue weighted by Crippen LogP contribution is 2.41. The second kappa shape index (κ2) is 9.25. The number of amides is 3. The van der Waals surface area contributed by atoms with Gasteiger partial charge in [-0.25, -0.2) is 4.79 Å². The maximum absolute atomic E-state index is 13.5. The largest absolute Gasteiger partial charge is 0.494 e. The van der Waals surface area contributed by atoms with Gasteiger partial charge in [-0.2, -0.15) is 0 Å². The SMILES string of the molecule is CCOc1ccc(N2C(=O)Nc3ccc(Br)cc3C2(O)C(=O)NCc2ccc(C)cc2)cc1. The van der Waals surface area contributed by atoms with E-state index in [-0.39, 0.29) is 12.1 Å². The van der Waals surface area contributed by atoms with Crippen LogP contribution in [-0.4, -0.2) is 23.7 Å². The van der Waals surface area contributed by atoms with Crippen molar-refractivity contribution in [3.8, 4) is 5.75 Å². The van der Waals surface area contributed by atoms with E-state index in [4.69, 9.17) is 4.74 Å². The second-order valence-corrected chi connectivity index (χ2v) is 8.64. The Labute approximate surface area is 200 Å². The standard InChI is InChI=1S/C25H24BrN3O4/c1-3-33-20-11-9-19(10-12-20)29-24(31)28-22-13-8-18(26)14-21(22)25(29,32)23(30)27-15-17-6-4-16(2)5-7-17/h4-14,32H,3,15H2,1-2H3,(H,27,30)(H,28,31). The quantitative estimate of drug-likeness (QED) is 0.450. The fourth-order valence-corrected chi connectivity index (χ4v) is 4.11. The number of aliphatic hydroxyl groups is 1. The van der Waals surface area contributed by atoms with Gasteiger partial charge in [0.1, 0.15) is 5.75 Å². The minimum Gasteiger partial charge on any atom is -0.494 e. The molecule has 0 spiro atoms. The van der Waals surface area contributed by atoms with Crippen LogP contribution in [0.15, 0.2) is 71.2 Å². The first-order valence-electron chi connectivity index (χ1n) is 10.5. The highest BCUT2D eigenvalue weighted by atomic mass is 79.9.